The Morgan fingerprint density at radius 1 is 1.21 bits per heavy atom. The number of thioether (sulfide) groups is 1. The van der Waals surface area contributed by atoms with Gasteiger partial charge in [0.15, 0.2) is 5.16 Å². The van der Waals surface area contributed by atoms with E-state index in [1.807, 2.05) is 25.1 Å². The van der Waals surface area contributed by atoms with Gasteiger partial charge in [-0.1, -0.05) is 30.0 Å². The minimum atomic E-state index is -0.333. The van der Waals surface area contributed by atoms with E-state index in [1.54, 1.807) is 28.8 Å². The Labute approximate surface area is 170 Å². The molecule has 0 amide bonds. The molecule has 29 heavy (non-hydrogen) atoms. The Morgan fingerprint density at radius 3 is 2.72 bits per heavy atom. The van der Waals surface area contributed by atoms with Gasteiger partial charge in [0.2, 0.25) is 11.8 Å². The number of hydrogen-bond donors (Lipinski definition) is 0. The third-order valence-corrected chi connectivity index (χ3v) is 5.38. The molecule has 146 valence electrons. The minimum absolute atomic E-state index is 0.122. The first-order valence-corrected chi connectivity index (χ1v) is 9.81. The Bertz CT molecular complexity index is 1230. The van der Waals surface area contributed by atoms with Crippen molar-refractivity contribution >= 4 is 22.7 Å². The molecule has 0 radical (unpaired) electrons. The summed E-state index contributed by atoms with van der Waals surface area (Å²) in [5.74, 6) is 0.365. The number of allylic oxidation sites excluding steroid dienone is 1. The first-order chi connectivity index (χ1) is 14.1. The summed E-state index contributed by atoms with van der Waals surface area (Å²) in [4.78, 5) is 17.5. The number of rotatable bonds is 6. The third-order valence-electron chi connectivity index (χ3n) is 4.30. The van der Waals surface area contributed by atoms with Gasteiger partial charge in [0.05, 0.1) is 16.2 Å². The number of halogens is 1. The van der Waals surface area contributed by atoms with Crippen molar-refractivity contribution in [1.82, 2.24) is 19.7 Å². The Kier molecular flexibility index (Phi) is 5.26. The van der Waals surface area contributed by atoms with Crippen molar-refractivity contribution in [2.75, 3.05) is 0 Å². The molecule has 4 rings (SSSR count). The lowest BCUT2D eigenvalue weighted by Crippen LogP contribution is -2.23. The molecular weight excluding hydrogens is 391 g/mol. The first-order valence-electron chi connectivity index (χ1n) is 8.93. The number of nitrogens with zero attached hydrogens (tertiary/aromatic N) is 4. The second kappa shape index (κ2) is 8.00. The highest BCUT2D eigenvalue weighted by atomic mass is 32.2. The maximum Gasteiger partial charge on any atom is 0.262 e. The van der Waals surface area contributed by atoms with E-state index in [0.717, 1.165) is 0 Å². The number of benzene rings is 2. The fourth-order valence-corrected chi connectivity index (χ4v) is 3.79. The average molecular weight is 408 g/mol. The highest BCUT2D eigenvalue weighted by molar-refractivity contribution is 7.99. The molecule has 0 fully saturated rings. The van der Waals surface area contributed by atoms with Crippen molar-refractivity contribution in [3.05, 3.63) is 83.2 Å². The normalized spacial score (nSPS) is 12.2. The van der Waals surface area contributed by atoms with Crippen LogP contribution < -0.4 is 5.56 Å². The van der Waals surface area contributed by atoms with Crippen LogP contribution in [0, 0.1) is 5.82 Å². The molecule has 0 aliphatic heterocycles. The predicted octanol–water partition coefficient (Wildman–Crippen LogP) is 4.62. The number of hydrogen-bond acceptors (Lipinski definition) is 6. The van der Waals surface area contributed by atoms with E-state index in [4.69, 9.17) is 4.42 Å². The summed E-state index contributed by atoms with van der Waals surface area (Å²) in [5.41, 5.74) is 1.14. The van der Waals surface area contributed by atoms with Crippen LogP contribution in [-0.2, 0) is 6.54 Å². The highest BCUT2D eigenvalue weighted by Crippen LogP contribution is 2.34. The van der Waals surface area contributed by atoms with Crippen LogP contribution in [0.5, 0.6) is 0 Å². The van der Waals surface area contributed by atoms with Crippen molar-refractivity contribution in [3.63, 3.8) is 0 Å². The highest BCUT2D eigenvalue weighted by Gasteiger charge is 2.20. The van der Waals surface area contributed by atoms with Gasteiger partial charge in [0, 0.05) is 12.1 Å². The van der Waals surface area contributed by atoms with E-state index >= 15 is 0 Å². The summed E-state index contributed by atoms with van der Waals surface area (Å²) in [6, 6.07) is 13.1. The standard InChI is InChI=1S/C21H17FN4O2S/c1-3-12-26-20(27)16-6-4-5-7-17(16)23-21(26)29-13(2)18-24-25-19(28-18)14-8-10-15(22)11-9-14/h3-11,13H,1,12H2,2H3/t13-/m1/s1. The number of fused-ring (bicyclic) bond motifs is 1. The monoisotopic (exact) mass is 408 g/mol. The second-order valence-corrected chi connectivity index (χ2v) is 7.64. The molecule has 1 atom stereocenters. The molecule has 0 N–H and O–H groups in total. The molecule has 0 unspecified atom stereocenters. The van der Waals surface area contributed by atoms with E-state index in [2.05, 4.69) is 21.8 Å². The molecule has 0 bridgehead atoms. The van der Waals surface area contributed by atoms with Crippen molar-refractivity contribution in [2.24, 2.45) is 0 Å². The Balaban J connectivity index is 1.66. The van der Waals surface area contributed by atoms with Gasteiger partial charge in [-0.2, -0.15) is 0 Å². The van der Waals surface area contributed by atoms with Crippen LogP contribution in [0.1, 0.15) is 18.1 Å². The summed E-state index contributed by atoms with van der Waals surface area (Å²) in [7, 11) is 0. The quantitative estimate of drug-likeness (QED) is 0.263. The van der Waals surface area contributed by atoms with Crippen molar-refractivity contribution in [1.29, 1.82) is 0 Å². The number of aromatic nitrogens is 4. The van der Waals surface area contributed by atoms with Gasteiger partial charge < -0.3 is 4.42 Å². The maximum absolute atomic E-state index is 13.1. The number of para-hydroxylation sites is 1. The largest absolute Gasteiger partial charge is 0.419 e. The van der Waals surface area contributed by atoms with Gasteiger partial charge in [-0.25, -0.2) is 9.37 Å². The van der Waals surface area contributed by atoms with Crippen LogP contribution in [-0.4, -0.2) is 19.7 Å². The minimum Gasteiger partial charge on any atom is -0.419 e. The first kappa shape index (κ1) is 19.1. The molecule has 0 aliphatic rings. The molecule has 0 aliphatic carbocycles. The lowest BCUT2D eigenvalue weighted by Gasteiger charge is -2.13. The van der Waals surface area contributed by atoms with Gasteiger partial charge in [-0.3, -0.25) is 9.36 Å². The summed E-state index contributed by atoms with van der Waals surface area (Å²) in [6.07, 6.45) is 1.66. The van der Waals surface area contributed by atoms with Crippen LogP contribution in [0.15, 0.2) is 75.6 Å². The topological polar surface area (TPSA) is 73.8 Å². The molecule has 6 nitrogen and oxygen atoms in total. The van der Waals surface area contributed by atoms with Gasteiger partial charge in [0.1, 0.15) is 5.82 Å². The molecule has 8 heteroatoms. The van der Waals surface area contributed by atoms with Crippen LogP contribution in [0.25, 0.3) is 22.4 Å². The molecule has 2 aromatic heterocycles. The van der Waals surface area contributed by atoms with Crippen molar-refractivity contribution in [2.45, 2.75) is 23.9 Å². The molecule has 4 aromatic rings. The lowest BCUT2D eigenvalue weighted by atomic mass is 10.2. The summed E-state index contributed by atoms with van der Waals surface area (Å²) in [5, 5.41) is 9.01. The fourth-order valence-electron chi connectivity index (χ4n) is 2.84. The molecule has 0 saturated heterocycles. The summed E-state index contributed by atoms with van der Waals surface area (Å²) in [6.45, 7) is 5.97. The Hall–Kier alpha value is -3.26. The SMILES string of the molecule is C=CCn1c(S[C@H](C)c2nnc(-c3ccc(F)cc3)o2)nc2ccccc2c1=O. The van der Waals surface area contributed by atoms with Crippen LogP contribution in [0.3, 0.4) is 0 Å². The molecule has 0 spiro atoms. The van der Waals surface area contributed by atoms with Gasteiger partial charge >= 0.3 is 0 Å². The second-order valence-electron chi connectivity index (χ2n) is 6.33. The van der Waals surface area contributed by atoms with E-state index in [0.29, 0.717) is 39.9 Å². The smallest absolute Gasteiger partial charge is 0.262 e. The van der Waals surface area contributed by atoms with E-state index < -0.39 is 0 Å². The lowest BCUT2D eigenvalue weighted by molar-refractivity contribution is 0.508. The Morgan fingerprint density at radius 2 is 1.97 bits per heavy atom. The van der Waals surface area contributed by atoms with Gasteiger partial charge in [0.25, 0.3) is 5.56 Å². The third kappa shape index (κ3) is 3.84. The van der Waals surface area contributed by atoms with E-state index in [9.17, 15) is 9.18 Å². The molecule has 2 aromatic carbocycles. The summed E-state index contributed by atoms with van der Waals surface area (Å²) >= 11 is 1.35. The van der Waals surface area contributed by atoms with E-state index in [-0.39, 0.29) is 16.6 Å². The maximum atomic E-state index is 13.1. The summed E-state index contributed by atoms with van der Waals surface area (Å²) < 4.78 is 20.4. The molecule has 2 heterocycles. The zero-order valence-electron chi connectivity index (χ0n) is 15.6. The van der Waals surface area contributed by atoms with Gasteiger partial charge in [-0.05, 0) is 43.3 Å². The van der Waals surface area contributed by atoms with Crippen LogP contribution in [0.2, 0.25) is 0 Å². The zero-order chi connectivity index (χ0) is 20.4. The fraction of sp³-hybridized carbons (Fsp3) is 0.143. The van der Waals surface area contributed by atoms with Crippen molar-refractivity contribution < 1.29 is 8.81 Å². The van der Waals surface area contributed by atoms with Crippen LogP contribution >= 0.6 is 11.8 Å². The van der Waals surface area contributed by atoms with Gasteiger partial charge in [-0.15, -0.1) is 16.8 Å². The molecular formula is C21H17FN4O2S. The predicted molar refractivity (Wildman–Crippen MR) is 110 cm³/mol. The van der Waals surface area contributed by atoms with Crippen LogP contribution in [0.4, 0.5) is 4.39 Å². The van der Waals surface area contributed by atoms with Crippen molar-refractivity contribution in [3.8, 4) is 11.5 Å². The molecule has 0 saturated carbocycles. The zero-order valence-corrected chi connectivity index (χ0v) is 16.4. The van der Waals surface area contributed by atoms with E-state index in [1.165, 1.54) is 23.9 Å². The average Bonchev–Trinajstić information content (AvgIpc) is 3.22.